The summed E-state index contributed by atoms with van der Waals surface area (Å²) in [6, 6.07) is 59.4. The minimum Gasteiger partial charge on any atom is -0.456 e. The van der Waals surface area contributed by atoms with E-state index in [1.54, 1.807) is 0 Å². The number of pyridine rings is 1. The van der Waals surface area contributed by atoms with Crippen LogP contribution in [0.4, 0.5) is 0 Å². The van der Waals surface area contributed by atoms with E-state index in [2.05, 4.69) is 156 Å². The molecule has 0 amide bonds. The van der Waals surface area contributed by atoms with Crippen LogP contribution in [-0.4, -0.2) is 9.55 Å². The van der Waals surface area contributed by atoms with E-state index in [0.717, 1.165) is 73.2 Å². The van der Waals surface area contributed by atoms with Gasteiger partial charge in [-0.15, -0.1) is 0 Å². The fourth-order valence-corrected chi connectivity index (χ4v) is 6.70. The third-order valence-corrected chi connectivity index (χ3v) is 8.80. The molecule has 0 N–H and O–H groups in total. The molecule has 0 atom stereocenters. The lowest BCUT2D eigenvalue weighted by Crippen LogP contribution is -1.99. The lowest BCUT2D eigenvalue weighted by atomic mass is 9.98. The second-order valence-corrected chi connectivity index (χ2v) is 11.6. The van der Waals surface area contributed by atoms with Crippen LogP contribution in [0.3, 0.4) is 0 Å². The second kappa shape index (κ2) is 10.8. The molecule has 0 radical (unpaired) electrons. The van der Waals surface area contributed by atoms with Gasteiger partial charge in [0.05, 0.1) is 22.6 Å². The third-order valence-electron chi connectivity index (χ3n) is 8.80. The Kier molecular flexibility index (Phi) is 6.14. The first-order valence-electron chi connectivity index (χ1n) is 15.6. The molecule has 8 aromatic rings. The molecule has 1 aliphatic rings. The standard InChI is InChI=1S/C43H28N2O/c1-3-14-29(15-4-1)32-27-37(30-16-5-2-6-17-30)44-38(28-32)31-18-13-19-33(26-31)45-39-23-10-7-20-34(39)42-35-21-8-11-24-40(35)46-41-25-12-9-22-36(41)43(42)45/h1-28H. The Hall–Kier alpha value is -6.19. The van der Waals surface area contributed by atoms with Crippen molar-refractivity contribution in [1.82, 2.24) is 9.55 Å². The van der Waals surface area contributed by atoms with Crippen LogP contribution in [-0.2, 0) is 0 Å². The molecule has 9 rings (SSSR count). The van der Waals surface area contributed by atoms with Crippen LogP contribution >= 0.6 is 0 Å². The Morgan fingerprint density at radius 3 is 1.80 bits per heavy atom. The van der Waals surface area contributed by atoms with Crippen molar-refractivity contribution in [1.29, 1.82) is 0 Å². The van der Waals surface area contributed by atoms with Gasteiger partial charge in [0.2, 0.25) is 0 Å². The predicted octanol–water partition coefficient (Wildman–Crippen LogP) is 11.5. The lowest BCUT2D eigenvalue weighted by molar-refractivity contribution is 0.487. The van der Waals surface area contributed by atoms with Crippen molar-refractivity contribution in [3.8, 4) is 73.2 Å². The zero-order valence-electron chi connectivity index (χ0n) is 25.0. The molecule has 2 aromatic heterocycles. The molecule has 0 saturated heterocycles. The topological polar surface area (TPSA) is 27.1 Å². The average Bonchev–Trinajstić information content (AvgIpc) is 3.40. The van der Waals surface area contributed by atoms with Crippen molar-refractivity contribution >= 4 is 10.9 Å². The van der Waals surface area contributed by atoms with Gasteiger partial charge in [0.25, 0.3) is 0 Å². The Morgan fingerprint density at radius 1 is 0.435 bits per heavy atom. The van der Waals surface area contributed by atoms with Gasteiger partial charge in [0.15, 0.2) is 0 Å². The molecule has 0 unspecified atom stereocenters. The number of fused-ring (bicyclic) bond motifs is 7. The lowest BCUT2D eigenvalue weighted by Gasteiger charge is -2.15. The first kappa shape index (κ1) is 26.2. The minimum absolute atomic E-state index is 0.846. The molecular weight excluding hydrogens is 560 g/mol. The highest BCUT2D eigenvalue weighted by molar-refractivity contribution is 6.08. The van der Waals surface area contributed by atoms with Gasteiger partial charge in [0.1, 0.15) is 11.5 Å². The summed E-state index contributed by atoms with van der Waals surface area (Å²) in [7, 11) is 0. The molecule has 216 valence electrons. The summed E-state index contributed by atoms with van der Waals surface area (Å²) in [6.45, 7) is 0. The molecule has 3 heteroatoms. The number of hydrogen-bond acceptors (Lipinski definition) is 2. The molecule has 46 heavy (non-hydrogen) atoms. The summed E-state index contributed by atoms with van der Waals surface area (Å²) in [5.41, 5.74) is 13.0. The molecule has 0 bridgehead atoms. The SMILES string of the molecule is c1ccc(-c2cc(-c3ccccc3)nc(-c3cccc(-n4c5c(c6ccccc64)-c4ccccc4Oc4ccccc4-5)c3)c2)cc1. The van der Waals surface area contributed by atoms with Gasteiger partial charge in [-0.1, -0.05) is 121 Å². The Bertz CT molecular complexity index is 2330. The Balaban J connectivity index is 1.30. The monoisotopic (exact) mass is 588 g/mol. The quantitative estimate of drug-likeness (QED) is 0.204. The summed E-state index contributed by atoms with van der Waals surface area (Å²) < 4.78 is 8.95. The molecule has 0 saturated carbocycles. The molecule has 1 aliphatic heterocycles. The number of nitrogens with zero attached hydrogens (tertiary/aromatic N) is 2. The van der Waals surface area contributed by atoms with Crippen molar-refractivity contribution in [2.24, 2.45) is 0 Å². The zero-order valence-corrected chi connectivity index (χ0v) is 25.0. The minimum atomic E-state index is 0.846. The maximum absolute atomic E-state index is 6.56. The zero-order chi connectivity index (χ0) is 30.5. The number of rotatable bonds is 4. The summed E-state index contributed by atoms with van der Waals surface area (Å²) in [5, 5.41) is 1.19. The number of hydrogen-bond donors (Lipinski definition) is 0. The van der Waals surface area contributed by atoms with Crippen molar-refractivity contribution in [2.45, 2.75) is 0 Å². The largest absolute Gasteiger partial charge is 0.456 e. The van der Waals surface area contributed by atoms with Gasteiger partial charge >= 0.3 is 0 Å². The summed E-state index contributed by atoms with van der Waals surface area (Å²) in [6.07, 6.45) is 0. The van der Waals surface area contributed by atoms with Gasteiger partial charge in [-0.2, -0.15) is 0 Å². The van der Waals surface area contributed by atoms with Crippen LogP contribution in [0.5, 0.6) is 11.5 Å². The van der Waals surface area contributed by atoms with E-state index in [4.69, 9.17) is 9.72 Å². The first-order valence-corrected chi connectivity index (χ1v) is 15.6. The van der Waals surface area contributed by atoms with E-state index < -0.39 is 0 Å². The number of benzene rings is 6. The van der Waals surface area contributed by atoms with Crippen molar-refractivity contribution in [3.63, 3.8) is 0 Å². The Labute approximate surface area is 267 Å². The molecule has 3 heterocycles. The highest BCUT2D eigenvalue weighted by atomic mass is 16.5. The predicted molar refractivity (Wildman–Crippen MR) is 188 cm³/mol. The number of para-hydroxylation sites is 3. The van der Waals surface area contributed by atoms with Crippen LogP contribution < -0.4 is 4.74 Å². The summed E-state index contributed by atoms with van der Waals surface area (Å²) in [5.74, 6) is 1.71. The van der Waals surface area contributed by atoms with E-state index >= 15 is 0 Å². The van der Waals surface area contributed by atoms with Crippen molar-refractivity contribution in [2.75, 3.05) is 0 Å². The Morgan fingerprint density at radius 2 is 1.02 bits per heavy atom. The van der Waals surface area contributed by atoms with Crippen LogP contribution in [0, 0.1) is 0 Å². The van der Waals surface area contributed by atoms with Gasteiger partial charge in [-0.3, -0.25) is 0 Å². The second-order valence-electron chi connectivity index (χ2n) is 11.6. The third kappa shape index (κ3) is 4.33. The van der Waals surface area contributed by atoms with E-state index in [1.165, 1.54) is 10.9 Å². The van der Waals surface area contributed by atoms with Crippen LogP contribution in [0.2, 0.25) is 0 Å². The van der Waals surface area contributed by atoms with Crippen molar-refractivity contribution < 1.29 is 4.74 Å². The van der Waals surface area contributed by atoms with E-state index in [-0.39, 0.29) is 0 Å². The van der Waals surface area contributed by atoms with Crippen LogP contribution in [0.1, 0.15) is 0 Å². The van der Waals surface area contributed by atoms with Gasteiger partial charge in [-0.05, 0) is 59.7 Å². The normalized spacial score (nSPS) is 11.7. The van der Waals surface area contributed by atoms with E-state index in [1.807, 2.05) is 18.2 Å². The maximum atomic E-state index is 6.56. The summed E-state index contributed by atoms with van der Waals surface area (Å²) >= 11 is 0. The van der Waals surface area contributed by atoms with Crippen molar-refractivity contribution in [3.05, 3.63) is 170 Å². The van der Waals surface area contributed by atoms with Gasteiger partial charge in [-0.25, -0.2) is 4.98 Å². The van der Waals surface area contributed by atoms with E-state index in [0.29, 0.717) is 0 Å². The van der Waals surface area contributed by atoms with Gasteiger partial charge in [0, 0.05) is 38.9 Å². The molecule has 0 fully saturated rings. The highest BCUT2D eigenvalue weighted by Gasteiger charge is 2.28. The average molecular weight is 589 g/mol. The number of ether oxygens (including phenoxy) is 1. The fraction of sp³-hybridized carbons (Fsp3) is 0. The molecule has 0 spiro atoms. The van der Waals surface area contributed by atoms with E-state index in [9.17, 15) is 0 Å². The molecule has 3 nitrogen and oxygen atoms in total. The molecular formula is C43H28N2O. The summed E-state index contributed by atoms with van der Waals surface area (Å²) in [4.78, 5) is 5.22. The smallest absolute Gasteiger partial charge is 0.136 e. The van der Waals surface area contributed by atoms with Crippen LogP contribution in [0.25, 0.3) is 72.6 Å². The van der Waals surface area contributed by atoms with Crippen LogP contribution in [0.15, 0.2) is 170 Å². The number of aromatic nitrogens is 2. The maximum Gasteiger partial charge on any atom is 0.136 e. The molecule has 0 aliphatic carbocycles. The fourth-order valence-electron chi connectivity index (χ4n) is 6.70. The van der Waals surface area contributed by atoms with Gasteiger partial charge < -0.3 is 9.30 Å². The first-order chi connectivity index (χ1) is 22.8. The highest BCUT2D eigenvalue weighted by Crippen LogP contribution is 2.51. The molecule has 6 aromatic carbocycles.